The van der Waals surface area contributed by atoms with Gasteiger partial charge in [0.05, 0.1) is 3.79 Å². The van der Waals surface area contributed by atoms with Gasteiger partial charge in [-0.3, -0.25) is 0 Å². The third-order valence-electron chi connectivity index (χ3n) is 3.30. The van der Waals surface area contributed by atoms with Gasteiger partial charge < -0.3 is 9.88 Å². The molecule has 0 bridgehead atoms. The fraction of sp³-hybridized carbons (Fsp3) is 0.533. The van der Waals surface area contributed by atoms with Gasteiger partial charge in [-0.2, -0.15) is 0 Å². The summed E-state index contributed by atoms with van der Waals surface area (Å²) in [5.41, 5.74) is 0. The molecule has 0 saturated heterocycles. The number of thiophene rings is 1. The molecule has 6 heteroatoms. The smallest absolute Gasteiger partial charge is 0.110 e. The van der Waals surface area contributed by atoms with Crippen LogP contribution in [0, 0.1) is 0 Å². The van der Waals surface area contributed by atoms with Crippen LogP contribution in [0.3, 0.4) is 0 Å². The highest BCUT2D eigenvalue weighted by molar-refractivity contribution is 9.13. The monoisotopic (exact) mass is 433 g/mol. The molecular formula is C15H21Br2N3S. The highest BCUT2D eigenvalue weighted by Crippen LogP contribution is 2.36. The molecule has 0 aliphatic rings. The second kappa shape index (κ2) is 8.46. The zero-order valence-electron chi connectivity index (χ0n) is 12.4. The second-order valence-electron chi connectivity index (χ2n) is 5.02. The summed E-state index contributed by atoms with van der Waals surface area (Å²) in [5, 5.41) is 3.65. The van der Waals surface area contributed by atoms with E-state index in [0.717, 1.165) is 46.4 Å². The Hall–Kier alpha value is -0.170. The summed E-state index contributed by atoms with van der Waals surface area (Å²) in [4.78, 5) is 5.88. The summed E-state index contributed by atoms with van der Waals surface area (Å²) in [6.07, 6.45) is 7.17. The second-order valence-corrected chi connectivity index (χ2v) is 8.27. The van der Waals surface area contributed by atoms with Crippen molar-refractivity contribution < 1.29 is 0 Å². The standard InChI is InChI=1S/C15H21Br2N3S/c1-3-5-18-12(13-9-11(16)15(17)21-13)10-14-19-6-8-20(14)7-4-2/h6,8-9,12,18H,3-5,7,10H2,1-2H3. The van der Waals surface area contributed by atoms with E-state index in [9.17, 15) is 0 Å². The van der Waals surface area contributed by atoms with Gasteiger partial charge in [-0.15, -0.1) is 11.3 Å². The molecule has 0 radical (unpaired) electrons. The summed E-state index contributed by atoms with van der Waals surface area (Å²) in [5.74, 6) is 1.16. The van der Waals surface area contributed by atoms with Crippen molar-refractivity contribution in [3.63, 3.8) is 0 Å². The SMILES string of the molecule is CCCNC(Cc1nccn1CCC)c1cc(Br)c(Br)s1. The van der Waals surface area contributed by atoms with Crippen molar-refractivity contribution in [3.8, 4) is 0 Å². The van der Waals surface area contributed by atoms with Crippen LogP contribution in [0.2, 0.25) is 0 Å². The van der Waals surface area contributed by atoms with E-state index < -0.39 is 0 Å². The van der Waals surface area contributed by atoms with Crippen LogP contribution in [-0.4, -0.2) is 16.1 Å². The van der Waals surface area contributed by atoms with Crippen LogP contribution in [0.1, 0.15) is 43.4 Å². The average molecular weight is 435 g/mol. The Morgan fingerprint density at radius 1 is 1.33 bits per heavy atom. The van der Waals surface area contributed by atoms with E-state index in [-0.39, 0.29) is 0 Å². The summed E-state index contributed by atoms with van der Waals surface area (Å²) < 4.78 is 4.54. The van der Waals surface area contributed by atoms with Gasteiger partial charge in [-0.1, -0.05) is 13.8 Å². The summed E-state index contributed by atoms with van der Waals surface area (Å²) in [7, 11) is 0. The lowest BCUT2D eigenvalue weighted by Gasteiger charge is -2.17. The predicted octanol–water partition coefficient (Wildman–Crippen LogP) is 5.16. The largest absolute Gasteiger partial charge is 0.335 e. The third-order valence-corrected chi connectivity index (χ3v) is 6.67. The van der Waals surface area contributed by atoms with Crippen LogP contribution < -0.4 is 5.32 Å². The number of imidazole rings is 1. The molecule has 1 unspecified atom stereocenters. The quantitative estimate of drug-likeness (QED) is 0.621. The lowest BCUT2D eigenvalue weighted by atomic mass is 10.1. The molecule has 1 atom stereocenters. The van der Waals surface area contributed by atoms with Crippen molar-refractivity contribution >= 4 is 43.2 Å². The Bertz CT molecular complexity index is 546. The minimum absolute atomic E-state index is 0.315. The molecule has 0 amide bonds. The van der Waals surface area contributed by atoms with Gasteiger partial charge in [-0.25, -0.2) is 4.98 Å². The average Bonchev–Trinajstić information content (AvgIpc) is 3.03. The lowest BCUT2D eigenvalue weighted by Crippen LogP contribution is -2.24. The predicted molar refractivity (Wildman–Crippen MR) is 97.0 cm³/mol. The zero-order chi connectivity index (χ0) is 15.2. The molecule has 2 rings (SSSR count). The van der Waals surface area contributed by atoms with E-state index in [1.54, 1.807) is 11.3 Å². The van der Waals surface area contributed by atoms with Gasteiger partial charge in [0.15, 0.2) is 0 Å². The van der Waals surface area contributed by atoms with Gasteiger partial charge in [0.25, 0.3) is 0 Å². The number of rotatable bonds is 8. The maximum atomic E-state index is 4.54. The molecule has 116 valence electrons. The Kier molecular flexibility index (Phi) is 6.92. The van der Waals surface area contributed by atoms with Crippen LogP contribution in [0.25, 0.3) is 0 Å². The van der Waals surface area contributed by atoms with Gasteiger partial charge in [0.2, 0.25) is 0 Å². The Morgan fingerprint density at radius 3 is 2.76 bits per heavy atom. The molecule has 2 aromatic heterocycles. The molecule has 0 aromatic carbocycles. The first kappa shape index (κ1) is 17.2. The van der Waals surface area contributed by atoms with Crippen molar-refractivity contribution in [3.05, 3.63) is 37.4 Å². The highest BCUT2D eigenvalue weighted by Gasteiger charge is 2.18. The van der Waals surface area contributed by atoms with Crippen LogP contribution in [0.5, 0.6) is 0 Å². The van der Waals surface area contributed by atoms with Crippen LogP contribution in [0.15, 0.2) is 26.7 Å². The fourth-order valence-electron chi connectivity index (χ4n) is 2.28. The van der Waals surface area contributed by atoms with Gasteiger partial charge in [0, 0.05) is 40.8 Å². The van der Waals surface area contributed by atoms with E-state index in [1.807, 2.05) is 6.20 Å². The van der Waals surface area contributed by atoms with E-state index in [2.05, 4.69) is 72.8 Å². The number of halogens is 2. The maximum Gasteiger partial charge on any atom is 0.110 e. The van der Waals surface area contributed by atoms with Gasteiger partial charge >= 0.3 is 0 Å². The topological polar surface area (TPSA) is 29.9 Å². The fourth-order valence-corrected chi connectivity index (χ4v) is 4.45. The molecule has 3 nitrogen and oxygen atoms in total. The molecule has 21 heavy (non-hydrogen) atoms. The van der Waals surface area contributed by atoms with Crippen LogP contribution in [0.4, 0.5) is 0 Å². The first-order valence-electron chi connectivity index (χ1n) is 7.33. The minimum atomic E-state index is 0.315. The molecule has 0 spiro atoms. The number of nitrogens with one attached hydrogen (secondary N) is 1. The van der Waals surface area contributed by atoms with Crippen molar-refractivity contribution in [2.24, 2.45) is 0 Å². The molecule has 0 fully saturated rings. The molecule has 0 aliphatic carbocycles. The lowest BCUT2D eigenvalue weighted by molar-refractivity contribution is 0.508. The third kappa shape index (κ3) is 4.65. The number of nitrogens with zero attached hydrogens (tertiary/aromatic N) is 2. The Labute approximate surface area is 147 Å². The summed E-state index contributed by atoms with van der Waals surface area (Å²) in [6, 6.07) is 2.52. The van der Waals surface area contributed by atoms with Crippen LogP contribution in [-0.2, 0) is 13.0 Å². The van der Waals surface area contributed by atoms with Gasteiger partial charge in [-0.05, 0) is 57.3 Å². The molecule has 0 aliphatic heterocycles. The number of aromatic nitrogens is 2. The van der Waals surface area contributed by atoms with Gasteiger partial charge in [0.1, 0.15) is 5.82 Å². The minimum Gasteiger partial charge on any atom is -0.335 e. The van der Waals surface area contributed by atoms with E-state index in [0.29, 0.717) is 6.04 Å². The molecule has 2 aromatic rings. The maximum absolute atomic E-state index is 4.54. The Balaban J connectivity index is 2.17. The molecule has 2 heterocycles. The number of hydrogen-bond donors (Lipinski definition) is 1. The van der Waals surface area contributed by atoms with E-state index >= 15 is 0 Å². The molecule has 0 saturated carbocycles. The number of aryl methyl sites for hydroxylation is 1. The van der Waals surface area contributed by atoms with Crippen molar-refractivity contribution in [1.82, 2.24) is 14.9 Å². The van der Waals surface area contributed by atoms with Crippen molar-refractivity contribution in [2.75, 3.05) is 6.54 Å². The normalized spacial score (nSPS) is 12.8. The van der Waals surface area contributed by atoms with E-state index in [1.165, 1.54) is 4.88 Å². The first-order chi connectivity index (χ1) is 10.2. The Morgan fingerprint density at radius 2 is 2.14 bits per heavy atom. The zero-order valence-corrected chi connectivity index (χ0v) is 16.4. The molecule has 1 N–H and O–H groups in total. The van der Waals surface area contributed by atoms with Crippen molar-refractivity contribution in [1.29, 1.82) is 0 Å². The van der Waals surface area contributed by atoms with Crippen molar-refractivity contribution in [2.45, 2.75) is 45.7 Å². The highest BCUT2D eigenvalue weighted by atomic mass is 79.9. The molecular weight excluding hydrogens is 414 g/mol. The first-order valence-corrected chi connectivity index (χ1v) is 9.74. The van der Waals surface area contributed by atoms with Crippen LogP contribution >= 0.6 is 43.2 Å². The number of hydrogen-bond acceptors (Lipinski definition) is 3. The summed E-state index contributed by atoms with van der Waals surface area (Å²) in [6.45, 7) is 6.45. The summed E-state index contributed by atoms with van der Waals surface area (Å²) >= 11 is 8.96. The van der Waals surface area contributed by atoms with E-state index in [4.69, 9.17) is 0 Å².